The van der Waals surface area contributed by atoms with Crippen molar-refractivity contribution >= 4 is 27.5 Å². The van der Waals surface area contributed by atoms with Gasteiger partial charge < -0.3 is 4.74 Å². The summed E-state index contributed by atoms with van der Waals surface area (Å²) in [4.78, 5) is 12.8. The van der Waals surface area contributed by atoms with Gasteiger partial charge in [0.25, 0.3) is 0 Å². The fourth-order valence-electron chi connectivity index (χ4n) is 2.06. The molecule has 1 aromatic rings. The number of rotatable bonds is 3. The first-order valence-corrected chi connectivity index (χ1v) is 7.66. The van der Waals surface area contributed by atoms with Gasteiger partial charge in [-0.1, -0.05) is 6.07 Å². The van der Waals surface area contributed by atoms with Crippen LogP contribution in [0.4, 0.5) is 29.3 Å². The van der Waals surface area contributed by atoms with Crippen molar-refractivity contribution in [2.75, 3.05) is 22.8 Å². The van der Waals surface area contributed by atoms with E-state index in [4.69, 9.17) is 4.74 Å². The maximum atomic E-state index is 12.5. The molecule has 0 saturated carbocycles. The lowest BCUT2D eigenvalue weighted by molar-refractivity contribution is -0.0429. The summed E-state index contributed by atoms with van der Waals surface area (Å²) in [5.74, 6) is 0. The number of nitrogens with one attached hydrogen (secondary N) is 1. The molecule has 0 radical (unpaired) electrons. The molecule has 122 valence electrons. The molecule has 1 saturated heterocycles. The van der Waals surface area contributed by atoms with Crippen LogP contribution in [-0.2, 0) is 14.8 Å². The van der Waals surface area contributed by atoms with Crippen LogP contribution >= 0.6 is 0 Å². The van der Waals surface area contributed by atoms with Gasteiger partial charge in [0.1, 0.15) is 6.61 Å². The average molecular weight is 338 g/mol. The maximum Gasteiger partial charge on any atom is 0.516 e. The number of sulfonamides is 1. The van der Waals surface area contributed by atoms with E-state index in [-0.39, 0.29) is 18.8 Å². The fourth-order valence-corrected chi connectivity index (χ4v) is 2.68. The molecule has 1 aromatic carbocycles. The predicted octanol–water partition coefficient (Wildman–Crippen LogP) is 2.52. The lowest BCUT2D eigenvalue weighted by Gasteiger charge is -2.19. The Kier molecular flexibility index (Phi) is 3.98. The number of anilines is 2. The third kappa shape index (κ3) is 2.96. The van der Waals surface area contributed by atoms with E-state index >= 15 is 0 Å². The Morgan fingerprint density at radius 3 is 2.36 bits per heavy atom. The minimum atomic E-state index is -5.52. The van der Waals surface area contributed by atoms with Gasteiger partial charge in [-0.15, -0.1) is 0 Å². The summed E-state index contributed by atoms with van der Waals surface area (Å²) in [6, 6.07) is 2.69. The number of nitrogens with zero attached hydrogens (tertiary/aromatic N) is 1. The highest BCUT2D eigenvalue weighted by Crippen LogP contribution is 2.32. The van der Waals surface area contributed by atoms with Crippen molar-refractivity contribution in [2.45, 2.75) is 19.4 Å². The zero-order valence-corrected chi connectivity index (χ0v) is 12.5. The Hall–Kier alpha value is -1.97. The van der Waals surface area contributed by atoms with Crippen LogP contribution in [0.5, 0.6) is 0 Å². The summed E-state index contributed by atoms with van der Waals surface area (Å²) >= 11 is 0. The summed E-state index contributed by atoms with van der Waals surface area (Å²) < 4.78 is 66.1. The van der Waals surface area contributed by atoms with Gasteiger partial charge in [-0.3, -0.25) is 9.62 Å². The van der Waals surface area contributed by atoms with Gasteiger partial charge in [-0.2, -0.15) is 21.6 Å². The molecule has 22 heavy (non-hydrogen) atoms. The highest BCUT2D eigenvalue weighted by Gasteiger charge is 2.46. The molecule has 1 aliphatic rings. The quantitative estimate of drug-likeness (QED) is 0.919. The van der Waals surface area contributed by atoms with Crippen molar-refractivity contribution in [1.82, 2.24) is 0 Å². The van der Waals surface area contributed by atoms with Crippen molar-refractivity contribution in [3.63, 3.8) is 0 Å². The van der Waals surface area contributed by atoms with Crippen LogP contribution in [0, 0.1) is 13.8 Å². The molecule has 0 spiro atoms. The molecule has 1 aliphatic heterocycles. The summed E-state index contributed by atoms with van der Waals surface area (Å²) in [5, 5.41) is 0. The Bertz CT molecular complexity index is 716. The van der Waals surface area contributed by atoms with Crippen LogP contribution in [-0.4, -0.2) is 33.2 Å². The lowest BCUT2D eigenvalue weighted by Crippen LogP contribution is -2.30. The van der Waals surface area contributed by atoms with Gasteiger partial charge in [0.2, 0.25) is 0 Å². The van der Waals surface area contributed by atoms with Crippen molar-refractivity contribution in [3.05, 3.63) is 23.3 Å². The number of cyclic esters (lactones) is 1. The van der Waals surface area contributed by atoms with Crippen molar-refractivity contribution in [3.8, 4) is 0 Å². The first kappa shape index (κ1) is 16.4. The topological polar surface area (TPSA) is 75.7 Å². The third-order valence-corrected chi connectivity index (χ3v) is 4.24. The monoisotopic (exact) mass is 338 g/mol. The van der Waals surface area contributed by atoms with Crippen molar-refractivity contribution in [1.29, 1.82) is 0 Å². The number of carbonyl (C=O) groups excluding carboxylic acids is 1. The van der Waals surface area contributed by atoms with Gasteiger partial charge >= 0.3 is 21.6 Å². The normalized spacial score (nSPS) is 15.9. The number of hydrogen-bond acceptors (Lipinski definition) is 4. The van der Waals surface area contributed by atoms with Crippen LogP contribution in [0.15, 0.2) is 12.1 Å². The third-order valence-electron chi connectivity index (χ3n) is 3.14. The summed E-state index contributed by atoms with van der Waals surface area (Å²) in [5.41, 5.74) is -4.43. The second-order valence-corrected chi connectivity index (χ2v) is 6.44. The Morgan fingerprint density at radius 1 is 1.23 bits per heavy atom. The number of amides is 1. The highest BCUT2D eigenvalue weighted by molar-refractivity contribution is 7.93. The number of benzene rings is 1. The molecule has 1 fully saturated rings. The summed E-state index contributed by atoms with van der Waals surface area (Å²) in [6.07, 6.45) is -0.628. The molecular weight excluding hydrogens is 325 g/mol. The molecular formula is C12H13F3N2O4S. The van der Waals surface area contributed by atoms with Gasteiger partial charge in [0.05, 0.1) is 17.9 Å². The molecule has 6 nitrogen and oxygen atoms in total. The van der Waals surface area contributed by atoms with Crippen molar-refractivity contribution in [2.24, 2.45) is 0 Å². The van der Waals surface area contributed by atoms with E-state index in [1.807, 2.05) is 0 Å². The summed E-state index contributed by atoms with van der Waals surface area (Å²) in [6.45, 7) is 3.53. The van der Waals surface area contributed by atoms with E-state index in [1.165, 1.54) is 28.7 Å². The van der Waals surface area contributed by atoms with Gasteiger partial charge in [0, 0.05) is 0 Å². The van der Waals surface area contributed by atoms with Gasteiger partial charge in [0.15, 0.2) is 0 Å². The molecule has 0 bridgehead atoms. The fraction of sp³-hybridized carbons (Fsp3) is 0.417. The minimum Gasteiger partial charge on any atom is -0.447 e. The van der Waals surface area contributed by atoms with E-state index in [9.17, 15) is 26.4 Å². The molecule has 1 amide bonds. The number of halogens is 3. The first-order chi connectivity index (χ1) is 10.0. The van der Waals surface area contributed by atoms with Gasteiger partial charge in [-0.05, 0) is 31.0 Å². The molecule has 0 unspecified atom stereocenters. The molecule has 0 atom stereocenters. The first-order valence-electron chi connectivity index (χ1n) is 6.17. The van der Waals surface area contributed by atoms with Crippen LogP contribution in [0.3, 0.4) is 0 Å². The second-order valence-electron chi connectivity index (χ2n) is 4.77. The lowest BCUT2D eigenvalue weighted by atomic mass is 10.1. The van der Waals surface area contributed by atoms with E-state index < -0.39 is 21.6 Å². The largest absolute Gasteiger partial charge is 0.516 e. The van der Waals surface area contributed by atoms with Gasteiger partial charge in [-0.25, -0.2) is 4.79 Å². The van der Waals surface area contributed by atoms with Crippen LogP contribution in [0.25, 0.3) is 0 Å². The summed E-state index contributed by atoms with van der Waals surface area (Å²) in [7, 11) is -5.52. The van der Waals surface area contributed by atoms with Crippen LogP contribution in [0.1, 0.15) is 11.1 Å². The SMILES string of the molecule is Cc1cc(C)c(N2CCOC2=O)cc1NS(=O)(=O)C(F)(F)F. The second kappa shape index (κ2) is 5.34. The smallest absolute Gasteiger partial charge is 0.447 e. The zero-order valence-electron chi connectivity index (χ0n) is 11.7. The number of ether oxygens (including phenoxy) is 1. The molecule has 0 aromatic heterocycles. The highest BCUT2D eigenvalue weighted by atomic mass is 32.2. The number of aryl methyl sites for hydroxylation is 2. The Balaban J connectivity index is 2.43. The average Bonchev–Trinajstić information content (AvgIpc) is 2.77. The Labute approximate surface area is 124 Å². The molecule has 1 N–H and O–H groups in total. The van der Waals surface area contributed by atoms with E-state index in [1.54, 1.807) is 6.92 Å². The van der Waals surface area contributed by atoms with Crippen molar-refractivity contribution < 1.29 is 31.1 Å². The standard InChI is InChI=1S/C12H13F3N2O4S/c1-7-5-8(2)10(17-3-4-21-11(17)18)6-9(7)16-22(19,20)12(13,14)15/h5-6,16H,3-4H2,1-2H3. The molecule has 1 heterocycles. The number of hydrogen-bond donors (Lipinski definition) is 1. The van der Waals surface area contributed by atoms with Crippen LogP contribution in [0.2, 0.25) is 0 Å². The molecule has 2 rings (SSSR count). The number of carbonyl (C=O) groups is 1. The molecule has 10 heteroatoms. The minimum absolute atomic E-state index is 0.162. The predicted molar refractivity (Wildman–Crippen MR) is 73.2 cm³/mol. The zero-order chi connectivity index (χ0) is 16.7. The van der Waals surface area contributed by atoms with Crippen LogP contribution < -0.4 is 9.62 Å². The van der Waals surface area contributed by atoms with E-state index in [0.717, 1.165) is 0 Å². The molecule has 0 aliphatic carbocycles. The number of alkyl halides is 3. The van der Waals surface area contributed by atoms with E-state index in [2.05, 4.69) is 0 Å². The Morgan fingerprint density at radius 2 is 1.86 bits per heavy atom. The van der Waals surface area contributed by atoms with E-state index in [0.29, 0.717) is 16.8 Å². The maximum absolute atomic E-state index is 12.5.